The molecule has 7 rings (SSSR count). The minimum Gasteiger partial charge on any atom is -0.461 e. The van der Waals surface area contributed by atoms with Gasteiger partial charge in [0, 0.05) is 59.6 Å². The van der Waals surface area contributed by atoms with Gasteiger partial charge in [0.15, 0.2) is 5.82 Å². The Morgan fingerprint density at radius 3 is 2.20 bits per heavy atom. The first kappa shape index (κ1) is 29.5. The number of rotatable bonds is 6. The number of likely N-dealkylation sites (tertiary alicyclic amines) is 1. The van der Waals surface area contributed by atoms with Crippen molar-refractivity contribution in [2.45, 2.75) is 19.4 Å². The van der Waals surface area contributed by atoms with Crippen LogP contribution in [0.3, 0.4) is 0 Å². The fourth-order valence-corrected chi connectivity index (χ4v) is 5.80. The Balaban J connectivity index is 1.07. The Kier molecular flexibility index (Phi) is 8.08. The third-order valence-corrected chi connectivity index (χ3v) is 8.25. The van der Waals surface area contributed by atoms with Crippen LogP contribution < -0.4 is 15.5 Å². The molecule has 234 valence electrons. The summed E-state index contributed by atoms with van der Waals surface area (Å²) < 4.78 is 11.5. The molecule has 11 heteroatoms. The van der Waals surface area contributed by atoms with Gasteiger partial charge in [0.05, 0.1) is 24.8 Å². The third-order valence-electron chi connectivity index (χ3n) is 8.25. The summed E-state index contributed by atoms with van der Waals surface area (Å²) in [6.45, 7) is 5.56. The van der Waals surface area contributed by atoms with E-state index in [1.54, 1.807) is 29.2 Å². The number of nitrogens with one attached hydrogen (secondary N) is 2. The van der Waals surface area contributed by atoms with Crippen molar-refractivity contribution in [2.24, 2.45) is 0 Å². The number of aromatic nitrogens is 2. The Morgan fingerprint density at radius 1 is 0.848 bits per heavy atom. The number of anilines is 3. The monoisotopic (exact) mass is 618 g/mol. The van der Waals surface area contributed by atoms with Gasteiger partial charge in [-0.25, -0.2) is 14.8 Å². The van der Waals surface area contributed by atoms with Crippen molar-refractivity contribution in [1.29, 1.82) is 0 Å². The zero-order valence-corrected chi connectivity index (χ0v) is 25.4. The number of aliphatic hydroxyl groups excluding tert-OH is 1. The van der Waals surface area contributed by atoms with E-state index < -0.39 is 12.1 Å². The van der Waals surface area contributed by atoms with Crippen molar-refractivity contribution in [3.8, 4) is 22.7 Å². The molecule has 1 unspecified atom stereocenters. The molecular weight excluding hydrogens is 584 g/mol. The SMILES string of the molecule is Cc1ccc(-c2ccc3c(N4CCOCC4)nc(-c4ccc(NC(=O)Nc5ccc(C(=O)N6CCC(O)C6)cc5)cc4)nc3c2)o1. The van der Waals surface area contributed by atoms with E-state index in [9.17, 15) is 14.7 Å². The van der Waals surface area contributed by atoms with Crippen LogP contribution in [0.4, 0.5) is 22.0 Å². The molecule has 0 bridgehead atoms. The van der Waals surface area contributed by atoms with Gasteiger partial charge in [-0.2, -0.15) is 0 Å². The van der Waals surface area contributed by atoms with Gasteiger partial charge in [0.25, 0.3) is 5.91 Å². The number of hydrogen-bond acceptors (Lipinski definition) is 8. The van der Waals surface area contributed by atoms with Crippen LogP contribution in [-0.2, 0) is 4.74 Å². The average Bonchev–Trinajstić information content (AvgIpc) is 3.72. The van der Waals surface area contributed by atoms with Crippen molar-refractivity contribution in [1.82, 2.24) is 14.9 Å². The maximum Gasteiger partial charge on any atom is 0.323 e. The summed E-state index contributed by atoms with van der Waals surface area (Å²) in [6, 6.07) is 23.7. The number of aryl methyl sites for hydroxylation is 1. The van der Waals surface area contributed by atoms with Crippen LogP contribution in [0.15, 0.2) is 83.3 Å². The van der Waals surface area contributed by atoms with Crippen molar-refractivity contribution < 1.29 is 23.8 Å². The molecule has 0 saturated carbocycles. The number of carbonyl (C=O) groups is 2. The molecule has 0 spiro atoms. The highest BCUT2D eigenvalue weighted by atomic mass is 16.5. The average molecular weight is 619 g/mol. The van der Waals surface area contributed by atoms with Gasteiger partial charge < -0.3 is 34.7 Å². The van der Waals surface area contributed by atoms with E-state index in [4.69, 9.17) is 19.1 Å². The number of urea groups is 1. The van der Waals surface area contributed by atoms with Gasteiger partial charge in [-0.05, 0) is 86.1 Å². The van der Waals surface area contributed by atoms with E-state index in [1.807, 2.05) is 61.5 Å². The molecule has 46 heavy (non-hydrogen) atoms. The van der Waals surface area contributed by atoms with Gasteiger partial charge in [-0.15, -0.1) is 0 Å². The lowest BCUT2D eigenvalue weighted by Gasteiger charge is -2.29. The van der Waals surface area contributed by atoms with Gasteiger partial charge in [0.1, 0.15) is 17.3 Å². The lowest BCUT2D eigenvalue weighted by atomic mass is 10.1. The number of fused-ring (bicyclic) bond motifs is 1. The Hall–Kier alpha value is -5.26. The van der Waals surface area contributed by atoms with E-state index in [1.165, 1.54) is 0 Å². The van der Waals surface area contributed by atoms with Crippen LogP contribution in [0.2, 0.25) is 0 Å². The van der Waals surface area contributed by atoms with Crippen LogP contribution in [0.25, 0.3) is 33.6 Å². The van der Waals surface area contributed by atoms with Crippen molar-refractivity contribution in [3.63, 3.8) is 0 Å². The second-order valence-corrected chi connectivity index (χ2v) is 11.5. The largest absolute Gasteiger partial charge is 0.461 e. The highest BCUT2D eigenvalue weighted by molar-refractivity contribution is 6.01. The zero-order valence-electron chi connectivity index (χ0n) is 25.4. The lowest BCUT2D eigenvalue weighted by Crippen LogP contribution is -2.37. The Bertz CT molecular complexity index is 1880. The van der Waals surface area contributed by atoms with Gasteiger partial charge >= 0.3 is 6.03 Å². The minimum atomic E-state index is -0.471. The molecular formula is C35H34N6O5. The molecule has 4 heterocycles. The quantitative estimate of drug-likeness (QED) is 0.226. The summed E-state index contributed by atoms with van der Waals surface area (Å²) in [6.07, 6.45) is 0.116. The molecule has 2 fully saturated rings. The molecule has 0 radical (unpaired) electrons. The highest BCUT2D eigenvalue weighted by Crippen LogP contribution is 2.32. The highest BCUT2D eigenvalue weighted by Gasteiger charge is 2.25. The number of furan rings is 1. The van der Waals surface area contributed by atoms with Crippen LogP contribution in [-0.4, -0.2) is 77.4 Å². The Labute approximate surface area is 265 Å². The van der Waals surface area contributed by atoms with Crippen LogP contribution in [0.5, 0.6) is 0 Å². The fourth-order valence-electron chi connectivity index (χ4n) is 5.80. The molecule has 2 aliphatic heterocycles. The molecule has 3 N–H and O–H groups in total. The second-order valence-electron chi connectivity index (χ2n) is 11.5. The lowest BCUT2D eigenvalue weighted by molar-refractivity contribution is 0.0765. The predicted molar refractivity (Wildman–Crippen MR) is 176 cm³/mol. The van der Waals surface area contributed by atoms with Crippen LogP contribution in [0, 0.1) is 6.92 Å². The zero-order chi connectivity index (χ0) is 31.6. The molecule has 3 aromatic carbocycles. The summed E-state index contributed by atoms with van der Waals surface area (Å²) in [5, 5.41) is 16.3. The van der Waals surface area contributed by atoms with E-state index in [2.05, 4.69) is 15.5 Å². The fraction of sp³-hybridized carbons (Fsp3) is 0.257. The summed E-state index contributed by atoms with van der Waals surface area (Å²) in [5.41, 5.74) is 4.23. The first-order chi connectivity index (χ1) is 22.4. The number of hydrogen-bond donors (Lipinski definition) is 3. The summed E-state index contributed by atoms with van der Waals surface area (Å²) in [5.74, 6) is 2.94. The number of β-amino-alcohol motifs (C(OH)–C–C–N with tert-alkyl or cyclic N) is 1. The van der Waals surface area contributed by atoms with Crippen molar-refractivity contribution in [3.05, 3.63) is 90.2 Å². The smallest absolute Gasteiger partial charge is 0.323 e. The summed E-state index contributed by atoms with van der Waals surface area (Å²) >= 11 is 0. The molecule has 2 aliphatic rings. The molecule has 1 atom stereocenters. The van der Waals surface area contributed by atoms with Crippen molar-refractivity contribution in [2.75, 3.05) is 54.9 Å². The van der Waals surface area contributed by atoms with E-state index in [0.29, 0.717) is 55.5 Å². The number of benzene rings is 3. The van der Waals surface area contributed by atoms with E-state index in [-0.39, 0.29) is 5.91 Å². The van der Waals surface area contributed by atoms with E-state index >= 15 is 0 Å². The summed E-state index contributed by atoms with van der Waals surface area (Å²) in [7, 11) is 0. The molecule has 2 saturated heterocycles. The maximum absolute atomic E-state index is 12.7. The first-order valence-corrected chi connectivity index (χ1v) is 15.4. The molecule has 2 aromatic heterocycles. The molecule has 5 aromatic rings. The van der Waals surface area contributed by atoms with E-state index in [0.717, 1.165) is 52.5 Å². The van der Waals surface area contributed by atoms with Gasteiger partial charge in [-0.1, -0.05) is 6.07 Å². The Morgan fingerprint density at radius 2 is 1.54 bits per heavy atom. The molecule has 3 amide bonds. The number of amides is 3. The minimum absolute atomic E-state index is 0.131. The number of morpholine rings is 1. The third kappa shape index (κ3) is 6.28. The van der Waals surface area contributed by atoms with Gasteiger partial charge in [-0.3, -0.25) is 4.79 Å². The van der Waals surface area contributed by atoms with Crippen molar-refractivity contribution >= 4 is 40.0 Å². The molecule has 11 nitrogen and oxygen atoms in total. The normalized spacial score (nSPS) is 16.5. The van der Waals surface area contributed by atoms with Crippen LogP contribution in [0.1, 0.15) is 22.5 Å². The number of nitrogens with zero attached hydrogens (tertiary/aromatic N) is 4. The molecule has 0 aliphatic carbocycles. The topological polar surface area (TPSA) is 133 Å². The van der Waals surface area contributed by atoms with Crippen LogP contribution >= 0.6 is 0 Å². The standard InChI is InChI=1S/C35H34N6O5/c1-22-2-13-31(46-22)25-7-12-29-30(20-25)38-32(39-33(29)40-16-18-45-19-17-40)23-3-8-26(9-4-23)36-35(44)37-27-10-5-24(6-11-27)34(43)41-15-14-28(42)21-41/h2-13,20,28,42H,14-19,21H2,1H3,(H2,36,37,44). The number of carbonyl (C=O) groups excluding carboxylic acids is 2. The number of ether oxygens (including phenoxy) is 1. The second kappa shape index (κ2) is 12.6. The summed E-state index contributed by atoms with van der Waals surface area (Å²) in [4.78, 5) is 39.2. The van der Waals surface area contributed by atoms with Gasteiger partial charge in [0.2, 0.25) is 0 Å². The first-order valence-electron chi connectivity index (χ1n) is 15.4. The number of aliphatic hydroxyl groups is 1. The predicted octanol–water partition coefficient (Wildman–Crippen LogP) is 5.55. The maximum atomic E-state index is 12.7.